The van der Waals surface area contributed by atoms with Crippen molar-refractivity contribution in [2.75, 3.05) is 13.1 Å². The number of benzene rings is 1. The van der Waals surface area contributed by atoms with Crippen LogP contribution in [0.15, 0.2) is 30.3 Å². The lowest BCUT2D eigenvalue weighted by molar-refractivity contribution is 0.00474. The number of amides is 2. The number of nitrogens with zero attached hydrogens (tertiary/aromatic N) is 1. The fourth-order valence-corrected chi connectivity index (χ4v) is 4.10. The Morgan fingerprint density at radius 2 is 1.70 bits per heavy atom. The van der Waals surface area contributed by atoms with Crippen LogP contribution in [-0.2, 0) is 4.74 Å². The highest BCUT2D eigenvalue weighted by Gasteiger charge is 2.44. The van der Waals surface area contributed by atoms with Gasteiger partial charge in [-0.05, 0) is 58.6 Å². The largest absolute Gasteiger partial charge is 0.444 e. The molecule has 1 aromatic rings. The summed E-state index contributed by atoms with van der Waals surface area (Å²) in [5.41, 5.74) is 0.226. The fourth-order valence-electron chi connectivity index (χ4n) is 4.10. The number of rotatable bonds is 5. The lowest BCUT2D eigenvalue weighted by Crippen LogP contribution is -2.53. The average Bonchev–Trinajstić information content (AvgIpc) is 2.89. The molecule has 2 unspecified atom stereocenters. The Morgan fingerprint density at radius 1 is 1.07 bits per heavy atom. The summed E-state index contributed by atoms with van der Waals surface area (Å²) in [6, 6.07) is 10.2. The quantitative estimate of drug-likeness (QED) is 0.779. The molecule has 0 aliphatic carbocycles. The molecule has 6 nitrogen and oxygen atoms in total. The number of ether oxygens (including phenoxy) is 1. The van der Waals surface area contributed by atoms with Gasteiger partial charge < -0.3 is 20.3 Å². The summed E-state index contributed by atoms with van der Waals surface area (Å²) in [7, 11) is 0. The molecule has 2 heterocycles. The van der Waals surface area contributed by atoms with Gasteiger partial charge in [0, 0.05) is 36.8 Å². The first kappa shape index (κ1) is 19.7. The summed E-state index contributed by atoms with van der Waals surface area (Å²) in [4.78, 5) is 26.5. The maximum absolute atomic E-state index is 12.5. The van der Waals surface area contributed by atoms with Gasteiger partial charge in [-0.1, -0.05) is 18.2 Å². The summed E-state index contributed by atoms with van der Waals surface area (Å²) in [6.45, 7) is 7.05. The van der Waals surface area contributed by atoms with Gasteiger partial charge in [-0.2, -0.15) is 0 Å². The van der Waals surface area contributed by atoms with Crippen molar-refractivity contribution in [3.8, 4) is 0 Å². The number of carbonyl (C=O) groups excluding carboxylic acids is 2. The SMILES string of the molecule is CC(C)(C)OC(=O)N1C2CCC1CC(NCCNC(=O)c1ccccc1)C2. The molecular formula is C21H31N3O3. The highest BCUT2D eigenvalue weighted by Crippen LogP contribution is 2.36. The molecule has 2 aliphatic rings. The first-order valence-electron chi connectivity index (χ1n) is 9.91. The van der Waals surface area contributed by atoms with E-state index in [9.17, 15) is 9.59 Å². The summed E-state index contributed by atoms with van der Waals surface area (Å²) >= 11 is 0. The van der Waals surface area contributed by atoms with Gasteiger partial charge in [0.05, 0.1) is 0 Å². The van der Waals surface area contributed by atoms with E-state index in [0.717, 1.165) is 32.2 Å². The zero-order valence-corrected chi connectivity index (χ0v) is 16.5. The monoisotopic (exact) mass is 373 g/mol. The standard InChI is InChI=1S/C21H31N3O3/c1-21(2,3)27-20(26)24-17-9-10-18(24)14-16(13-17)22-11-12-23-19(25)15-7-5-4-6-8-15/h4-8,16-18,22H,9-14H2,1-3H3,(H,23,25). The minimum Gasteiger partial charge on any atom is -0.444 e. The molecule has 27 heavy (non-hydrogen) atoms. The molecule has 2 aliphatic heterocycles. The molecule has 2 saturated heterocycles. The Balaban J connectivity index is 1.41. The molecule has 2 fully saturated rings. The van der Waals surface area contributed by atoms with E-state index in [1.807, 2.05) is 56.0 Å². The van der Waals surface area contributed by atoms with E-state index in [0.29, 0.717) is 18.2 Å². The van der Waals surface area contributed by atoms with Gasteiger partial charge >= 0.3 is 6.09 Å². The third-order valence-electron chi connectivity index (χ3n) is 5.22. The van der Waals surface area contributed by atoms with Gasteiger partial charge in [0.15, 0.2) is 0 Å². The summed E-state index contributed by atoms with van der Waals surface area (Å²) in [5.74, 6) is -0.0442. The van der Waals surface area contributed by atoms with Crippen molar-refractivity contribution >= 4 is 12.0 Å². The summed E-state index contributed by atoms with van der Waals surface area (Å²) < 4.78 is 5.58. The van der Waals surface area contributed by atoms with E-state index < -0.39 is 5.60 Å². The molecule has 3 rings (SSSR count). The first-order valence-corrected chi connectivity index (χ1v) is 9.91. The van der Waals surface area contributed by atoms with Gasteiger partial charge in [-0.25, -0.2) is 4.79 Å². The molecular weight excluding hydrogens is 342 g/mol. The molecule has 0 spiro atoms. The van der Waals surface area contributed by atoms with Gasteiger partial charge in [-0.3, -0.25) is 4.79 Å². The molecule has 2 atom stereocenters. The summed E-state index contributed by atoms with van der Waals surface area (Å²) in [6.07, 6.45) is 3.81. The highest BCUT2D eigenvalue weighted by atomic mass is 16.6. The van der Waals surface area contributed by atoms with E-state index in [2.05, 4.69) is 10.6 Å². The van der Waals surface area contributed by atoms with Crippen molar-refractivity contribution in [3.63, 3.8) is 0 Å². The van der Waals surface area contributed by atoms with Gasteiger partial charge in [0.1, 0.15) is 5.60 Å². The molecule has 2 N–H and O–H groups in total. The van der Waals surface area contributed by atoms with E-state index >= 15 is 0 Å². The smallest absolute Gasteiger partial charge is 0.410 e. The number of fused-ring (bicyclic) bond motifs is 2. The predicted octanol–water partition coefficient (Wildman–Crippen LogP) is 2.94. The molecule has 6 heteroatoms. The maximum Gasteiger partial charge on any atom is 0.410 e. The van der Waals surface area contributed by atoms with Crippen LogP contribution in [0.4, 0.5) is 4.79 Å². The molecule has 0 aromatic heterocycles. The van der Waals surface area contributed by atoms with E-state index in [1.54, 1.807) is 0 Å². The molecule has 2 amide bonds. The van der Waals surface area contributed by atoms with Crippen molar-refractivity contribution in [3.05, 3.63) is 35.9 Å². The second-order valence-corrected chi connectivity index (χ2v) is 8.52. The van der Waals surface area contributed by atoms with Crippen LogP contribution in [-0.4, -0.2) is 53.7 Å². The van der Waals surface area contributed by atoms with Crippen LogP contribution >= 0.6 is 0 Å². The molecule has 2 bridgehead atoms. The lowest BCUT2D eigenvalue weighted by Gasteiger charge is -2.39. The molecule has 0 saturated carbocycles. The Hall–Kier alpha value is -2.08. The van der Waals surface area contributed by atoms with E-state index in [4.69, 9.17) is 4.74 Å². The van der Waals surface area contributed by atoms with Crippen LogP contribution in [0.5, 0.6) is 0 Å². The molecule has 1 aromatic carbocycles. The topological polar surface area (TPSA) is 70.7 Å². The zero-order valence-electron chi connectivity index (χ0n) is 16.5. The molecule has 0 radical (unpaired) electrons. The Morgan fingerprint density at radius 3 is 2.30 bits per heavy atom. The summed E-state index contributed by atoms with van der Waals surface area (Å²) in [5, 5.41) is 6.49. The Kier molecular flexibility index (Phi) is 6.05. The van der Waals surface area contributed by atoms with Crippen molar-refractivity contribution in [1.29, 1.82) is 0 Å². The van der Waals surface area contributed by atoms with E-state index in [1.165, 1.54) is 0 Å². The zero-order chi connectivity index (χ0) is 19.4. The number of nitrogens with one attached hydrogen (secondary N) is 2. The van der Waals surface area contributed by atoms with Crippen molar-refractivity contribution < 1.29 is 14.3 Å². The van der Waals surface area contributed by atoms with Crippen molar-refractivity contribution in [1.82, 2.24) is 15.5 Å². The maximum atomic E-state index is 12.5. The van der Waals surface area contributed by atoms with Crippen LogP contribution in [0.3, 0.4) is 0 Å². The van der Waals surface area contributed by atoms with Crippen LogP contribution in [0.25, 0.3) is 0 Å². The normalized spacial score (nSPS) is 24.6. The van der Waals surface area contributed by atoms with Gasteiger partial charge in [-0.15, -0.1) is 0 Å². The van der Waals surface area contributed by atoms with Gasteiger partial charge in [0.2, 0.25) is 0 Å². The van der Waals surface area contributed by atoms with Crippen LogP contribution in [0, 0.1) is 0 Å². The lowest BCUT2D eigenvalue weighted by atomic mass is 9.98. The van der Waals surface area contributed by atoms with Crippen LogP contribution < -0.4 is 10.6 Å². The Bertz CT molecular complexity index is 642. The number of hydrogen-bond acceptors (Lipinski definition) is 4. The Labute approximate surface area is 161 Å². The third kappa shape index (κ3) is 5.22. The fraction of sp³-hybridized carbons (Fsp3) is 0.619. The minimum absolute atomic E-state index is 0.0442. The van der Waals surface area contributed by atoms with Crippen LogP contribution in [0.2, 0.25) is 0 Å². The third-order valence-corrected chi connectivity index (χ3v) is 5.22. The minimum atomic E-state index is -0.456. The molecule has 148 valence electrons. The second kappa shape index (κ2) is 8.30. The van der Waals surface area contributed by atoms with E-state index in [-0.39, 0.29) is 24.1 Å². The first-order chi connectivity index (χ1) is 12.8. The van der Waals surface area contributed by atoms with Gasteiger partial charge in [0.25, 0.3) is 5.91 Å². The average molecular weight is 373 g/mol. The van der Waals surface area contributed by atoms with Crippen LogP contribution in [0.1, 0.15) is 56.8 Å². The number of piperidine rings is 1. The second-order valence-electron chi connectivity index (χ2n) is 8.52. The number of hydrogen-bond donors (Lipinski definition) is 2. The van der Waals surface area contributed by atoms with Crippen molar-refractivity contribution in [2.24, 2.45) is 0 Å². The predicted molar refractivity (Wildman–Crippen MR) is 105 cm³/mol. The van der Waals surface area contributed by atoms with Crippen molar-refractivity contribution in [2.45, 2.75) is 70.2 Å². The highest BCUT2D eigenvalue weighted by molar-refractivity contribution is 5.94. The number of carbonyl (C=O) groups is 2.